The van der Waals surface area contributed by atoms with Crippen molar-refractivity contribution in [3.8, 4) is 0 Å². The van der Waals surface area contributed by atoms with Crippen LogP contribution in [0.25, 0.3) is 0 Å². The summed E-state index contributed by atoms with van der Waals surface area (Å²) in [5, 5.41) is 19.9. The predicted octanol–water partition coefficient (Wildman–Crippen LogP) is -1.62. The van der Waals surface area contributed by atoms with Gasteiger partial charge in [0.25, 0.3) is 11.6 Å². The number of methoxy groups -OCH3 is 1. The van der Waals surface area contributed by atoms with Crippen molar-refractivity contribution in [1.29, 1.82) is 0 Å². The molecule has 0 unspecified atom stereocenters. The average Bonchev–Trinajstić information content (AvgIpc) is 2.68. The van der Waals surface area contributed by atoms with E-state index in [1.54, 1.807) is 0 Å². The zero-order valence-corrected chi connectivity index (χ0v) is 16.8. The summed E-state index contributed by atoms with van der Waals surface area (Å²) in [5.41, 5.74) is 8.33. The Morgan fingerprint density at radius 2 is 2.03 bits per heavy atom. The highest BCUT2D eigenvalue weighted by atomic mass is 32.2. The van der Waals surface area contributed by atoms with Gasteiger partial charge in [-0.1, -0.05) is 0 Å². The minimum Gasteiger partial charge on any atom is -0.480 e. The first-order chi connectivity index (χ1) is 14.0. The second kappa shape index (κ2) is 9.32. The minimum absolute atomic E-state index is 0.0656. The van der Waals surface area contributed by atoms with E-state index in [4.69, 9.17) is 21.3 Å². The fraction of sp³-hybridized carbons (Fsp3) is 0.562. The normalized spacial score (nSPS) is 23.9. The molecule has 2 aliphatic rings. The van der Waals surface area contributed by atoms with Gasteiger partial charge in [-0.2, -0.15) is 0 Å². The number of hydrogen-bond donors (Lipinski definition) is 5. The number of nitrogens with one attached hydrogen (secondary N) is 1. The largest absolute Gasteiger partial charge is 0.480 e. The second-order valence-corrected chi connectivity index (χ2v) is 7.60. The molecule has 2 rings (SSSR count). The van der Waals surface area contributed by atoms with Crippen molar-refractivity contribution in [2.45, 2.75) is 36.4 Å². The monoisotopic (exact) mass is 446 g/mol. The van der Waals surface area contributed by atoms with Gasteiger partial charge < -0.3 is 36.5 Å². The maximum Gasteiger partial charge on any atom is 0.404 e. The van der Waals surface area contributed by atoms with E-state index in [2.05, 4.69) is 10.1 Å². The number of ether oxygens (including phenoxy) is 2. The number of primary amides is 1. The third kappa shape index (κ3) is 4.49. The number of rotatable bonds is 10. The Morgan fingerprint density at radius 1 is 1.37 bits per heavy atom. The number of aliphatic carboxylic acids is 2. The molecular formula is C16H22N4O9S. The molecule has 1 fully saturated rings. The Hall–Kier alpha value is -2.84. The molecule has 0 saturated carbocycles. The Balaban J connectivity index is 2.11. The van der Waals surface area contributed by atoms with Crippen molar-refractivity contribution in [3.05, 3.63) is 11.3 Å². The van der Waals surface area contributed by atoms with E-state index in [1.807, 2.05) is 0 Å². The molecule has 0 aliphatic carbocycles. The van der Waals surface area contributed by atoms with Crippen LogP contribution in [-0.4, -0.2) is 81.6 Å². The number of carboxylic acid groups (broad SMARTS) is 2. The van der Waals surface area contributed by atoms with Crippen molar-refractivity contribution >= 4 is 41.6 Å². The summed E-state index contributed by atoms with van der Waals surface area (Å²) in [5.74, 6) is -3.87. The average molecular weight is 446 g/mol. The van der Waals surface area contributed by atoms with Crippen molar-refractivity contribution in [2.75, 3.05) is 19.5 Å². The predicted molar refractivity (Wildman–Crippen MR) is 101 cm³/mol. The molecule has 30 heavy (non-hydrogen) atoms. The molecule has 3 atom stereocenters. The Bertz CT molecular complexity index is 802. The number of fused-ring (bicyclic) bond motifs is 1. The Morgan fingerprint density at radius 3 is 2.57 bits per heavy atom. The van der Waals surface area contributed by atoms with Crippen LogP contribution in [-0.2, 0) is 28.7 Å². The first-order valence-electron chi connectivity index (χ1n) is 8.72. The molecule has 0 bridgehead atoms. The van der Waals surface area contributed by atoms with Gasteiger partial charge in [-0.15, -0.1) is 11.8 Å². The first-order valence-corrected chi connectivity index (χ1v) is 9.77. The van der Waals surface area contributed by atoms with E-state index in [0.29, 0.717) is 0 Å². The highest BCUT2D eigenvalue weighted by Gasteiger charge is 2.66. The quantitative estimate of drug-likeness (QED) is 0.190. The highest BCUT2D eigenvalue weighted by molar-refractivity contribution is 8.00. The lowest BCUT2D eigenvalue weighted by Crippen LogP contribution is -2.80. The van der Waals surface area contributed by atoms with Crippen LogP contribution in [0.2, 0.25) is 0 Å². The third-order valence-electron chi connectivity index (χ3n) is 4.58. The van der Waals surface area contributed by atoms with Crippen molar-refractivity contribution in [2.24, 2.45) is 11.5 Å². The number of nitrogens with zero attached hydrogens (tertiary/aromatic N) is 1. The van der Waals surface area contributed by atoms with E-state index in [0.717, 1.165) is 16.7 Å². The molecule has 0 aromatic carbocycles. The maximum absolute atomic E-state index is 12.8. The molecule has 7 N–H and O–H groups in total. The summed E-state index contributed by atoms with van der Waals surface area (Å²) in [6.07, 6.45) is -0.953. The zero-order valence-electron chi connectivity index (χ0n) is 16.0. The summed E-state index contributed by atoms with van der Waals surface area (Å²) in [7, 11) is 1.20. The van der Waals surface area contributed by atoms with Crippen molar-refractivity contribution in [3.63, 3.8) is 0 Å². The van der Waals surface area contributed by atoms with Crippen LogP contribution < -0.4 is 16.8 Å². The number of nitrogens with two attached hydrogens (primary N) is 2. The molecule has 2 heterocycles. The molecule has 0 spiro atoms. The Kier molecular flexibility index (Phi) is 7.28. The number of β-lactam (4-membered cyclic amide) rings is 1. The van der Waals surface area contributed by atoms with Crippen LogP contribution in [0.1, 0.15) is 19.3 Å². The van der Waals surface area contributed by atoms with Gasteiger partial charge in [0, 0.05) is 24.9 Å². The van der Waals surface area contributed by atoms with Crippen molar-refractivity contribution in [1.82, 2.24) is 10.2 Å². The number of hydrogen-bond acceptors (Lipinski definition) is 9. The SMILES string of the molecule is CO[C@]1(NC(=O)CCC[C@H](N)C(=O)O)C(=O)N2C(C(=O)O)=C(COC(N)=O)CS[C@@H]21. The number of thioether (sulfide) groups is 1. The van der Waals surface area contributed by atoms with E-state index in [-0.39, 0.29) is 36.3 Å². The maximum atomic E-state index is 12.8. The molecule has 166 valence electrons. The zero-order chi connectivity index (χ0) is 22.6. The van der Waals surface area contributed by atoms with Gasteiger partial charge in [0.1, 0.15) is 23.7 Å². The lowest BCUT2D eigenvalue weighted by molar-refractivity contribution is -0.192. The van der Waals surface area contributed by atoms with Crippen LogP contribution in [0.15, 0.2) is 11.3 Å². The summed E-state index contributed by atoms with van der Waals surface area (Å²) >= 11 is 1.12. The lowest BCUT2D eigenvalue weighted by atomic mass is 9.97. The first kappa shape index (κ1) is 23.4. The number of amides is 3. The lowest BCUT2D eigenvalue weighted by Gasteiger charge is -2.55. The minimum atomic E-state index is -1.77. The van der Waals surface area contributed by atoms with E-state index in [1.165, 1.54) is 7.11 Å². The molecule has 2 aliphatic heterocycles. The molecule has 0 aromatic rings. The molecule has 0 radical (unpaired) electrons. The third-order valence-corrected chi connectivity index (χ3v) is 5.96. The van der Waals surface area contributed by atoms with Crippen LogP contribution in [0.5, 0.6) is 0 Å². The molecule has 13 nitrogen and oxygen atoms in total. The van der Waals surface area contributed by atoms with Crippen LogP contribution in [0.4, 0.5) is 4.79 Å². The van der Waals surface area contributed by atoms with Gasteiger partial charge in [-0.3, -0.25) is 19.3 Å². The Labute approximate surface area is 174 Å². The van der Waals surface area contributed by atoms with Gasteiger partial charge >= 0.3 is 18.0 Å². The van der Waals surface area contributed by atoms with Gasteiger partial charge in [0.2, 0.25) is 5.91 Å². The van der Waals surface area contributed by atoms with Crippen LogP contribution in [0.3, 0.4) is 0 Å². The van der Waals surface area contributed by atoms with Crippen LogP contribution in [0, 0.1) is 0 Å². The summed E-state index contributed by atoms with van der Waals surface area (Å²) in [6.45, 7) is -0.392. The number of carbonyl (C=O) groups excluding carboxylic acids is 3. The molecule has 3 amide bonds. The highest BCUT2D eigenvalue weighted by Crippen LogP contribution is 2.46. The van der Waals surface area contributed by atoms with Gasteiger partial charge in [-0.05, 0) is 12.8 Å². The fourth-order valence-corrected chi connectivity index (χ4v) is 4.51. The van der Waals surface area contributed by atoms with E-state index >= 15 is 0 Å². The van der Waals surface area contributed by atoms with Crippen molar-refractivity contribution < 1.29 is 43.7 Å². The topological polar surface area (TPSA) is 212 Å². The van der Waals surface area contributed by atoms with Gasteiger partial charge in [0.15, 0.2) is 0 Å². The fourth-order valence-electron chi connectivity index (χ4n) is 3.09. The standard InChI is InChI=1S/C16H22N4O9S/c1-28-16(19-9(21)4-2-3-8(17)11(22)23)13(26)20-10(12(24)25)7(5-29-15(18)27)6-30-14(16)20/h8,14H,2-6,17H2,1H3,(H2,18,27)(H,19,21)(H,22,23)(H,24,25)/t8-,14+,16+/m0/s1. The summed E-state index contributed by atoms with van der Waals surface area (Å²) in [6, 6.07) is -1.10. The van der Waals surface area contributed by atoms with Crippen LogP contribution >= 0.6 is 11.8 Å². The molecular weight excluding hydrogens is 424 g/mol. The molecule has 14 heteroatoms. The van der Waals surface area contributed by atoms with E-state index in [9.17, 15) is 29.1 Å². The van der Waals surface area contributed by atoms with Gasteiger partial charge in [0.05, 0.1) is 0 Å². The summed E-state index contributed by atoms with van der Waals surface area (Å²) < 4.78 is 9.91. The number of carboxylic acids is 2. The molecule has 1 saturated heterocycles. The molecule has 0 aromatic heterocycles. The van der Waals surface area contributed by atoms with E-state index < -0.39 is 53.6 Å². The second-order valence-electron chi connectivity index (χ2n) is 6.53. The smallest absolute Gasteiger partial charge is 0.404 e. The van der Waals surface area contributed by atoms with Gasteiger partial charge in [-0.25, -0.2) is 9.59 Å². The summed E-state index contributed by atoms with van der Waals surface area (Å²) in [4.78, 5) is 59.3. The number of carbonyl (C=O) groups is 5.